The molecule has 1 aliphatic heterocycles. The minimum atomic E-state index is 0.270. The summed E-state index contributed by atoms with van der Waals surface area (Å²) in [4.78, 5) is 0. The van der Waals surface area contributed by atoms with Crippen LogP contribution in [0.5, 0.6) is 0 Å². The normalized spacial score (nSPS) is 24.4. The summed E-state index contributed by atoms with van der Waals surface area (Å²) in [7, 11) is 0.755. The van der Waals surface area contributed by atoms with E-state index in [1.165, 1.54) is 10.9 Å². The maximum atomic E-state index is 5.50. The van der Waals surface area contributed by atoms with E-state index >= 15 is 0 Å². The average Bonchev–Trinajstić information content (AvgIpc) is 2.43. The average molecular weight is 160 g/mol. The Morgan fingerprint density at radius 2 is 2.17 bits per heavy atom. The summed E-state index contributed by atoms with van der Waals surface area (Å²) in [6, 6.07) is 0. The van der Waals surface area contributed by atoms with Crippen LogP contribution in [-0.2, 0) is 4.57 Å². The second kappa shape index (κ2) is 4.36. The van der Waals surface area contributed by atoms with Gasteiger partial charge >= 0.3 is 6.92 Å². The molecule has 12 heavy (non-hydrogen) atoms. The van der Waals surface area contributed by atoms with Gasteiger partial charge in [-0.3, -0.25) is 0 Å². The SMILES string of the molecule is C\C=C/C=C1/BOB(C)/C1=C/C. The van der Waals surface area contributed by atoms with Crippen molar-refractivity contribution in [1.82, 2.24) is 0 Å². The Morgan fingerprint density at radius 3 is 2.75 bits per heavy atom. The monoisotopic (exact) mass is 160 g/mol. The minimum Gasteiger partial charge on any atom is -0.494 e. The number of rotatable bonds is 1. The van der Waals surface area contributed by atoms with Gasteiger partial charge in [-0.2, -0.15) is 0 Å². The smallest absolute Gasteiger partial charge is 0.307 e. The van der Waals surface area contributed by atoms with E-state index in [1.807, 2.05) is 13.0 Å². The van der Waals surface area contributed by atoms with Gasteiger partial charge in [0.1, 0.15) is 0 Å². The predicted octanol–water partition coefficient (Wildman–Crippen LogP) is 1.93. The van der Waals surface area contributed by atoms with Crippen LogP contribution >= 0.6 is 0 Å². The van der Waals surface area contributed by atoms with Crippen molar-refractivity contribution in [2.45, 2.75) is 20.7 Å². The summed E-state index contributed by atoms with van der Waals surface area (Å²) in [5, 5.41) is 0. The molecule has 1 nitrogen and oxygen atoms in total. The molecule has 0 aromatic heterocycles. The van der Waals surface area contributed by atoms with Gasteiger partial charge < -0.3 is 4.57 Å². The van der Waals surface area contributed by atoms with Crippen molar-refractivity contribution in [2.75, 3.05) is 0 Å². The molecule has 3 heteroatoms. The fourth-order valence-electron chi connectivity index (χ4n) is 1.43. The number of allylic oxidation sites excluding steroid dienone is 6. The van der Waals surface area contributed by atoms with E-state index in [2.05, 4.69) is 32.0 Å². The molecule has 0 amide bonds. The lowest BCUT2D eigenvalue weighted by molar-refractivity contribution is 0.648. The van der Waals surface area contributed by atoms with Crippen molar-refractivity contribution >= 4 is 14.4 Å². The molecule has 1 rings (SSSR count). The Hall–Kier alpha value is -0.690. The first-order chi connectivity index (χ1) is 5.79. The quantitative estimate of drug-likeness (QED) is 0.532. The summed E-state index contributed by atoms with van der Waals surface area (Å²) in [5.41, 5.74) is 2.64. The van der Waals surface area contributed by atoms with E-state index in [0.29, 0.717) is 0 Å². The number of hydrogen-bond donors (Lipinski definition) is 0. The van der Waals surface area contributed by atoms with Crippen LogP contribution in [0.2, 0.25) is 6.82 Å². The molecule has 0 spiro atoms. The van der Waals surface area contributed by atoms with Crippen molar-refractivity contribution in [1.29, 1.82) is 0 Å². The van der Waals surface area contributed by atoms with Crippen LogP contribution in [0.3, 0.4) is 0 Å². The van der Waals surface area contributed by atoms with Crippen molar-refractivity contribution in [2.24, 2.45) is 0 Å². The molecule has 1 saturated heterocycles. The molecule has 0 N–H and O–H groups in total. The summed E-state index contributed by atoms with van der Waals surface area (Å²) in [5.74, 6) is 0. The molecule has 0 bridgehead atoms. The van der Waals surface area contributed by atoms with E-state index in [9.17, 15) is 0 Å². The highest BCUT2D eigenvalue weighted by Gasteiger charge is 2.25. The molecule has 0 saturated carbocycles. The van der Waals surface area contributed by atoms with Gasteiger partial charge in [0, 0.05) is 0 Å². The molecule has 1 fully saturated rings. The molecule has 0 aliphatic carbocycles. The van der Waals surface area contributed by atoms with E-state index in [0.717, 1.165) is 7.48 Å². The van der Waals surface area contributed by atoms with Gasteiger partial charge in [-0.15, -0.1) is 0 Å². The van der Waals surface area contributed by atoms with Gasteiger partial charge in [0.2, 0.25) is 0 Å². The zero-order chi connectivity index (χ0) is 8.97. The van der Waals surface area contributed by atoms with Crippen molar-refractivity contribution < 1.29 is 4.57 Å². The van der Waals surface area contributed by atoms with Gasteiger partial charge in [0.15, 0.2) is 0 Å². The van der Waals surface area contributed by atoms with Crippen LogP contribution in [-0.4, -0.2) is 14.4 Å². The molecule has 0 aromatic carbocycles. The van der Waals surface area contributed by atoms with Crippen molar-refractivity contribution in [3.05, 3.63) is 35.2 Å². The van der Waals surface area contributed by atoms with E-state index in [4.69, 9.17) is 4.57 Å². The zero-order valence-electron chi connectivity index (χ0n) is 8.00. The Balaban J connectivity index is 2.80. The van der Waals surface area contributed by atoms with E-state index in [1.54, 1.807) is 0 Å². The third kappa shape index (κ3) is 1.92. The van der Waals surface area contributed by atoms with Gasteiger partial charge in [-0.25, -0.2) is 0 Å². The van der Waals surface area contributed by atoms with Crippen LogP contribution < -0.4 is 0 Å². The maximum absolute atomic E-state index is 5.50. The van der Waals surface area contributed by atoms with Gasteiger partial charge in [0.05, 0.1) is 0 Å². The second-order valence-corrected chi connectivity index (χ2v) is 2.91. The predicted molar refractivity (Wildman–Crippen MR) is 56.5 cm³/mol. The summed E-state index contributed by atoms with van der Waals surface area (Å²) in [6.07, 6.45) is 8.34. The highest BCUT2D eigenvalue weighted by atomic mass is 16.4. The summed E-state index contributed by atoms with van der Waals surface area (Å²) >= 11 is 0. The third-order valence-electron chi connectivity index (χ3n) is 2.10. The van der Waals surface area contributed by atoms with Gasteiger partial charge in [0.25, 0.3) is 7.48 Å². The highest BCUT2D eigenvalue weighted by Crippen LogP contribution is 2.20. The lowest BCUT2D eigenvalue weighted by Crippen LogP contribution is -2.06. The van der Waals surface area contributed by atoms with Gasteiger partial charge in [-0.05, 0) is 13.8 Å². The topological polar surface area (TPSA) is 9.23 Å². The molecule has 1 aliphatic rings. The first kappa shape index (κ1) is 9.40. The first-order valence-electron chi connectivity index (χ1n) is 4.39. The molecule has 1 heterocycles. The minimum absolute atomic E-state index is 0.270. The maximum Gasteiger partial charge on any atom is 0.307 e. The molecule has 0 aromatic rings. The molecule has 0 atom stereocenters. The largest absolute Gasteiger partial charge is 0.494 e. The van der Waals surface area contributed by atoms with E-state index in [-0.39, 0.29) is 6.92 Å². The Kier molecular flexibility index (Phi) is 3.42. The van der Waals surface area contributed by atoms with Crippen LogP contribution in [0, 0.1) is 0 Å². The summed E-state index contributed by atoms with van der Waals surface area (Å²) in [6.45, 7) is 6.44. The van der Waals surface area contributed by atoms with Crippen molar-refractivity contribution in [3.63, 3.8) is 0 Å². The molecular weight excluding hydrogens is 146 g/mol. The third-order valence-corrected chi connectivity index (χ3v) is 2.10. The Morgan fingerprint density at radius 1 is 1.42 bits per heavy atom. The summed E-state index contributed by atoms with van der Waals surface area (Å²) < 4.78 is 5.50. The Labute approximate surface area is 75.6 Å². The molecule has 62 valence electrons. The van der Waals surface area contributed by atoms with E-state index < -0.39 is 0 Å². The van der Waals surface area contributed by atoms with Crippen LogP contribution in [0.25, 0.3) is 0 Å². The van der Waals surface area contributed by atoms with Crippen LogP contribution in [0.4, 0.5) is 0 Å². The lowest BCUT2D eigenvalue weighted by atomic mass is 9.61. The fourth-order valence-corrected chi connectivity index (χ4v) is 1.43. The Bertz CT molecular complexity index is 241. The number of hydrogen-bond acceptors (Lipinski definition) is 1. The van der Waals surface area contributed by atoms with Crippen LogP contribution in [0.1, 0.15) is 13.8 Å². The lowest BCUT2D eigenvalue weighted by Gasteiger charge is -1.98. The fraction of sp³-hybridized carbons (Fsp3) is 0.333. The highest BCUT2D eigenvalue weighted by molar-refractivity contribution is 6.74. The standard InChI is InChI=1S/C9H14B2O/c1-4-6-7-8-9(5-2)11(3)12-10-8/h4-7,10H,1-3H3/b6-4-,8-7+,9-5+. The zero-order valence-corrected chi connectivity index (χ0v) is 8.00. The van der Waals surface area contributed by atoms with Crippen molar-refractivity contribution in [3.8, 4) is 0 Å². The molecular formula is C9H14B2O. The van der Waals surface area contributed by atoms with Crippen LogP contribution in [0.15, 0.2) is 35.2 Å². The van der Waals surface area contributed by atoms with Gasteiger partial charge in [-0.1, -0.05) is 42.1 Å². The molecule has 0 radical (unpaired) electrons. The first-order valence-corrected chi connectivity index (χ1v) is 4.39. The molecule has 0 unspecified atom stereocenters. The second-order valence-electron chi connectivity index (χ2n) is 2.91.